The minimum absolute atomic E-state index is 0.00471. The first-order valence-corrected chi connectivity index (χ1v) is 4.56. The molecule has 0 saturated heterocycles. The van der Waals surface area contributed by atoms with Crippen molar-refractivity contribution in [2.24, 2.45) is 0 Å². The molecule has 0 aliphatic heterocycles. The Balaban J connectivity index is 2.33. The molecule has 3 N–H and O–H groups in total. The van der Waals surface area contributed by atoms with Crippen LogP contribution in [-0.4, -0.2) is 9.97 Å². The molecule has 4 nitrogen and oxygen atoms in total. The summed E-state index contributed by atoms with van der Waals surface area (Å²) in [6, 6.07) is 2.55. The summed E-state index contributed by atoms with van der Waals surface area (Å²) in [4.78, 5) is 7.48. The Morgan fingerprint density at radius 1 is 1.06 bits per heavy atom. The van der Waals surface area contributed by atoms with Gasteiger partial charge in [-0.3, -0.25) is 0 Å². The molecule has 2 rings (SSSR count). The van der Waals surface area contributed by atoms with Crippen molar-refractivity contribution in [2.45, 2.75) is 0 Å². The predicted octanol–water partition coefficient (Wildman–Crippen LogP) is 2.22. The molecule has 88 valence electrons. The largest absolute Gasteiger partial charge is 0.384 e. The third kappa shape index (κ3) is 2.44. The van der Waals surface area contributed by atoms with Gasteiger partial charge >= 0.3 is 0 Å². The first kappa shape index (κ1) is 11.2. The highest BCUT2D eigenvalue weighted by atomic mass is 19.2. The fourth-order valence-electron chi connectivity index (χ4n) is 1.17. The van der Waals surface area contributed by atoms with Crippen molar-refractivity contribution in [3.8, 4) is 0 Å². The molecule has 0 unspecified atom stereocenters. The molecule has 0 aliphatic rings. The third-order valence-electron chi connectivity index (χ3n) is 1.93. The minimum Gasteiger partial charge on any atom is -0.384 e. The monoisotopic (exact) mass is 240 g/mol. The van der Waals surface area contributed by atoms with Gasteiger partial charge < -0.3 is 11.1 Å². The summed E-state index contributed by atoms with van der Waals surface area (Å²) in [5.41, 5.74) is 5.12. The maximum absolute atomic E-state index is 13.3. The molecule has 17 heavy (non-hydrogen) atoms. The van der Waals surface area contributed by atoms with E-state index in [0.29, 0.717) is 12.1 Å². The number of hydrogen-bond donors (Lipinski definition) is 2. The summed E-state index contributed by atoms with van der Waals surface area (Å²) < 4.78 is 38.8. The molecular weight excluding hydrogens is 233 g/mol. The zero-order valence-electron chi connectivity index (χ0n) is 8.42. The summed E-state index contributed by atoms with van der Waals surface area (Å²) in [6.07, 6.45) is 1.35. The normalized spacial score (nSPS) is 10.3. The van der Waals surface area contributed by atoms with Gasteiger partial charge in [0.25, 0.3) is 0 Å². The standard InChI is InChI=1S/C10H7F3N4/c11-5-3-7(13)8(4-6(5)12)16-10-15-2-1-9(14)17-10/h1-4H,(H3,14,15,16,17). The van der Waals surface area contributed by atoms with Gasteiger partial charge in [-0.2, -0.15) is 4.98 Å². The van der Waals surface area contributed by atoms with Crippen LogP contribution in [0.1, 0.15) is 0 Å². The molecule has 0 fully saturated rings. The lowest BCUT2D eigenvalue weighted by Gasteiger charge is -2.06. The Morgan fingerprint density at radius 3 is 2.47 bits per heavy atom. The second-order valence-electron chi connectivity index (χ2n) is 3.18. The second kappa shape index (κ2) is 4.28. The van der Waals surface area contributed by atoms with E-state index in [4.69, 9.17) is 5.73 Å². The molecule has 0 atom stereocenters. The van der Waals surface area contributed by atoms with Crippen LogP contribution in [0.4, 0.5) is 30.6 Å². The number of halogens is 3. The minimum atomic E-state index is -1.26. The number of benzene rings is 1. The average Bonchev–Trinajstić information content (AvgIpc) is 2.26. The van der Waals surface area contributed by atoms with E-state index in [0.717, 1.165) is 0 Å². The van der Waals surface area contributed by atoms with E-state index >= 15 is 0 Å². The van der Waals surface area contributed by atoms with Crippen molar-refractivity contribution in [1.82, 2.24) is 9.97 Å². The lowest BCUT2D eigenvalue weighted by molar-refractivity contribution is 0.496. The highest BCUT2D eigenvalue weighted by molar-refractivity contribution is 5.55. The Bertz CT molecular complexity index is 559. The number of rotatable bonds is 2. The van der Waals surface area contributed by atoms with Crippen LogP contribution in [0.15, 0.2) is 24.4 Å². The van der Waals surface area contributed by atoms with Gasteiger partial charge in [-0.05, 0) is 6.07 Å². The molecule has 0 aliphatic carbocycles. The maximum Gasteiger partial charge on any atom is 0.229 e. The summed E-state index contributed by atoms with van der Waals surface area (Å²) >= 11 is 0. The molecule has 1 aromatic heterocycles. The van der Waals surface area contributed by atoms with Crippen LogP contribution in [-0.2, 0) is 0 Å². The Labute approximate surface area is 94.3 Å². The lowest BCUT2D eigenvalue weighted by Crippen LogP contribution is -2.02. The van der Waals surface area contributed by atoms with Gasteiger partial charge in [0.2, 0.25) is 5.95 Å². The third-order valence-corrected chi connectivity index (χ3v) is 1.93. The van der Waals surface area contributed by atoms with E-state index in [1.165, 1.54) is 12.3 Å². The van der Waals surface area contributed by atoms with E-state index < -0.39 is 17.5 Å². The first-order chi connectivity index (χ1) is 8.06. The average molecular weight is 240 g/mol. The van der Waals surface area contributed by atoms with E-state index in [-0.39, 0.29) is 17.5 Å². The highest BCUT2D eigenvalue weighted by Gasteiger charge is 2.10. The highest BCUT2D eigenvalue weighted by Crippen LogP contribution is 2.21. The van der Waals surface area contributed by atoms with Gasteiger partial charge in [-0.15, -0.1) is 0 Å². The van der Waals surface area contributed by atoms with Crippen molar-refractivity contribution in [2.75, 3.05) is 11.1 Å². The van der Waals surface area contributed by atoms with Gasteiger partial charge in [0.1, 0.15) is 11.6 Å². The summed E-state index contributed by atoms with van der Waals surface area (Å²) in [5, 5.41) is 2.40. The zero-order valence-corrected chi connectivity index (χ0v) is 8.42. The number of nitrogens with two attached hydrogens (primary N) is 1. The second-order valence-corrected chi connectivity index (χ2v) is 3.18. The Morgan fingerprint density at radius 2 is 1.76 bits per heavy atom. The van der Waals surface area contributed by atoms with Gasteiger partial charge in [-0.25, -0.2) is 18.2 Å². The van der Waals surface area contributed by atoms with Crippen molar-refractivity contribution in [3.05, 3.63) is 41.8 Å². The number of nitrogens with one attached hydrogen (secondary N) is 1. The van der Waals surface area contributed by atoms with Crippen molar-refractivity contribution < 1.29 is 13.2 Å². The molecule has 1 aromatic carbocycles. The molecule has 7 heteroatoms. The Hall–Kier alpha value is -2.31. The van der Waals surface area contributed by atoms with Gasteiger partial charge in [-0.1, -0.05) is 0 Å². The fourth-order valence-corrected chi connectivity index (χ4v) is 1.17. The van der Waals surface area contributed by atoms with E-state index in [9.17, 15) is 13.2 Å². The predicted molar refractivity (Wildman–Crippen MR) is 56.0 cm³/mol. The molecular formula is C10H7F3N4. The quantitative estimate of drug-likeness (QED) is 0.790. The molecule has 0 bridgehead atoms. The van der Waals surface area contributed by atoms with Crippen LogP contribution in [0.3, 0.4) is 0 Å². The summed E-state index contributed by atoms with van der Waals surface area (Å²) in [5.74, 6) is -3.21. The molecule has 0 amide bonds. The number of hydrogen-bond acceptors (Lipinski definition) is 4. The van der Waals surface area contributed by atoms with Crippen LogP contribution >= 0.6 is 0 Å². The van der Waals surface area contributed by atoms with Crippen molar-refractivity contribution >= 4 is 17.5 Å². The van der Waals surface area contributed by atoms with Crippen molar-refractivity contribution in [1.29, 1.82) is 0 Å². The molecule has 2 aromatic rings. The van der Waals surface area contributed by atoms with Gasteiger partial charge in [0.05, 0.1) is 5.69 Å². The van der Waals surface area contributed by atoms with E-state index in [1.54, 1.807) is 0 Å². The summed E-state index contributed by atoms with van der Waals surface area (Å²) in [7, 11) is 0. The number of aromatic nitrogens is 2. The molecule has 0 saturated carbocycles. The summed E-state index contributed by atoms with van der Waals surface area (Å²) in [6.45, 7) is 0. The maximum atomic E-state index is 13.3. The van der Waals surface area contributed by atoms with Crippen LogP contribution < -0.4 is 11.1 Å². The molecule has 0 spiro atoms. The number of nitrogens with zero attached hydrogens (tertiary/aromatic N) is 2. The zero-order chi connectivity index (χ0) is 12.4. The van der Waals surface area contributed by atoms with Crippen molar-refractivity contribution in [3.63, 3.8) is 0 Å². The van der Waals surface area contributed by atoms with Crippen LogP contribution in [0, 0.1) is 17.5 Å². The van der Waals surface area contributed by atoms with Crippen LogP contribution in [0.5, 0.6) is 0 Å². The van der Waals surface area contributed by atoms with Crippen LogP contribution in [0.25, 0.3) is 0 Å². The number of anilines is 3. The van der Waals surface area contributed by atoms with Gasteiger partial charge in [0, 0.05) is 18.3 Å². The van der Waals surface area contributed by atoms with Crippen LogP contribution in [0.2, 0.25) is 0 Å². The topological polar surface area (TPSA) is 63.8 Å². The molecule has 0 radical (unpaired) electrons. The van der Waals surface area contributed by atoms with Gasteiger partial charge in [0.15, 0.2) is 11.6 Å². The fraction of sp³-hybridized carbons (Fsp3) is 0. The SMILES string of the molecule is Nc1ccnc(Nc2cc(F)c(F)cc2F)n1. The Kier molecular flexibility index (Phi) is 2.82. The van der Waals surface area contributed by atoms with E-state index in [1.807, 2.05) is 0 Å². The molecule has 1 heterocycles. The lowest BCUT2D eigenvalue weighted by atomic mass is 10.3. The van der Waals surface area contributed by atoms with E-state index in [2.05, 4.69) is 15.3 Å². The first-order valence-electron chi connectivity index (χ1n) is 4.56. The number of nitrogen functional groups attached to an aromatic ring is 1. The smallest absolute Gasteiger partial charge is 0.229 e.